The molecule has 0 spiro atoms. The number of aryl methyl sites for hydroxylation is 1. The Labute approximate surface area is 158 Å². The molecule has 1 fully saturated rings. The molecule has 0 amide bonds. The summed E-state index contributed by atoms with van der Waals surface area (Å²) in [5.41, 5.74) is 0.630. The van der Waals surface area contributed by atoms with Crippen molar-refractivity contribution < 1.29 is 12.9 Å². The molecular formula is C19H20N4O3S. The van der Waals surface area contributed by atoms with Gasteiger partial charge in [-0.05, 0) is 43.5 Å². The minimum absolute atomic E-state index is 0.0491. The van der Waals surface area contributed by atoms with E-state index in [9.17, 15) is 8.42 Å². The van der Waals surface area contributed by atoms with Crippen LogP contribution in [0.5, 0.6) is 0 Å². The Morgan fingerprint density at radius 1 is 1.11 bits per heavy atom. The standard InChI is InChI=1S/C19H20N4O3S/c24-27(25,16-8-2-1-3-9-16)23-14-6-7-15(23)11-12-18-21-19(26-22-18)17-10-4-5-13-20-17/h1-5,8-10,13,15H,6-7,11-12,14H2. The SMILES string of the molecule is O=S(=O)(c1ccccc1)N1CCCC1CCc1noc(-c2ccccn2)n1. The first kappa shape index (κ1) is 17.8. The number of aromatic nitrogens is 3. The van der Waals surface area contributed by atoms with Crippen molar-refractivity contribution in [3.05, 3.63) is 60.6 Å². The van der Waals surface area contributed by atoms with E-state index < -0.39 is 10.0 Å². The molecule has 8 heteroatoms. The molecule has 3 heterocycles. The summed E-state index contributed by atoms with van der Waals surface area (Å²) in [6, 6.07) is 14.0. The van der Waals surface area contributed by atoms with E-state index in [0.717, 1.165) is 12.8 Å². The number of nitrogens with zero attached hydrogens (tertiary/aromatic N) is 4. The van der Waals surface area contributed by atoms with Crippen LogP contribution in [-0.2, 0) is 16.4 Å². The zero-order chi connectivity index (χ0) is 18.7. The van der Waals surface area contributed by atoms with Crippen molar-refractivity contribution in [3.63, 3.8) is 0 Å². The normalized spacial score (nSPS) is 18.0. The Morgan fingerprint density at radius 2 is 1.93 bits per heavy atom. The molecule has 7 nitrogen and oxygen atoms in total. The molecular weight excluding hydrogens is 364 g/mol. The van der Waals surface area contributed by atoms with Crippen LogP contribution < -0.4 is 0 Å². The van der Waals surface area contributed by atoms with Crippen molar-refractivity contribution in [1.29, 1.82) is 0 Å². The van der Waals surface area contributed by atoms with Crippen molar-refractivity contribution in [2.45, 2.75) is 36.6 Å². The fraction of sp³-hybridized carbons (Fsp3) is 0.316. The predicted molar refractivity (Wildman–Crippen MR) is 99.2 cm³/mol. The summed E-state index contributed by atoms with van der Waals surface area (Å²) < 4.78 is 32.7. The van der Waals surface area contributed by atoms with Crippen LogP contribution in [0.4, 0.5) is 0 Å². The maximum absolute atomic E-state index is 12.9. The topological polar surface area (TPSA) is 89.2 Å². The summed E-state index contributed by atoms with van der Waals surface area (Å²) in [6.07, 6.45) is 4.60. The minimum atomic E-state index is -3.47. The molecule has 0 aliphatic carbocycles. The van der Waals surface area contributed by atoms with Gasteiger partial charge >= 0.3 is 0 Å². The first-order chi connectivity index (χ1) is 13.1. The van der Waals surface area contributed by atoms with Crippen molar-refractivity contribution in [1.82, 2.24) is 19.4 Å². The summed E-state index contributed by atoms with van der Waals surface area (Å²) >= 11 is 0. The van der Waals surface area contributed by atoms with E-state index in [0.29, 0.717) is 41.7 Å². The van der Waals surface area contributed by atoms with Gasteiger partial charge in [0.05, 0.1) is 4.90 Å². The van der Waals surface area contributed by atoms with Crippen LogP contribution in [0, 0.1) is 0 Å². The monoisotopic (exact) mass is 384 g/mol. The Bertz CT molecular complexity index is 990. The third-order valence-corrected chi connectivity index (χ3v) is 6.69. The summed E-state index contributed by atoms with van der Waals surface area (Å²) in [6.45, 7) is 0.549. The first-order valence-electron chi connectivity index (χ1n) is 8.95. The summed E-state index contributed by atoms with van der Waals surface area (Å²) in [7, 11) is -3.47. The molecule has 0 N–H and O–H groups in total. The van der Waals surface area contributed by atoms with E-state index in [1.54, 1.807) is 34.8 Å². The number of hydrogen-bond acceptors (Lipinski definition) is 6. The third-order valence-electron chi connectivity index (χ3n) is 4.73. The summed E-state index contributed by atoms with van der Waals surface area (Å²) in [5, 5.41) is 4.00. The van der Waals surface area contributed by atoms with Gasteiger partial charge in [0, 0.05) is 25.2 Å². The van der Waals surface area contributed by atoms with Gasteiger partial charge in [-0.2, -0.15) is 9.29 Å². The zero-order valence-electron chi connectivity index (χ0n) is 14.7. The average molecular weight is 384 g/mol. The second kappa shape index (κ2) is 7.58. The van der Waals surface area contributed by atoms with Gasteiger partial charge in [-0.1, -0.05) is 29.4 Å². The Balaban J connectivity index is 1.45. The Morgan fingerprint density at radius 3 is 2.70 bits per heavy atom. The highest BCUT2D eigenvalue weighted by molar-refractivity contribution is 7.89. The predicted octanol–water partition coefficient (Wildman–Crippen LogP) is 2.92. The molecule has 0 radical (unpaired) electrons. The molecule has 2 aromatic heterocycles. The lowest BCUT2D eigenvalue weighted by molar-refractivity contribution is 0.364. The van der Waals surface area contributed by atoms with Gasteiger partial charge < -0.3 is 4.52 Å². The van der Waals surface area contributed by atoms with E-state index in [4.69, 9.17) is 4.52 Å². The Kier molecular flexibility index (Phi) is 5.00. The number of hydrogen-bond donors (Lipinski definition) is 0. The van der Waals surface area contributed by atoms with Crippen LogP contribution in [-0.4, -0.2) is 40.4 Å². The maximum atomic E-state index is 12.9. The fourth-order valence-corrected chi connectivity index (χ4v) is 5.13. The van der Waals surface area contributed by atoms with Crippen molar-refractivity contribution in [2.24, 2.45) is 0 Å². The van der Waals surface area contributed by atoms with Crippen LogP contribution in [0.15, 0.2) is 64.1 Å². The largest absolute Gasteiger partial charge is 0.332 e. The molecule has 1 aromatic carbocycles. The average Bonchev–Trinajstić information content (AvgIpc) is 3.37. The summed E-state index contributed by atoms with van der Waals surface area (Å²) in [5.74, 6) is 0.949. The lowest BCUT2D eigenvalue weighted by Gasteiger charge is -2.23. The molecule has 1 aliphatic heterocycles. The van der Waals surface area contributed by atoms with E-state index in [-0.39, 0.29) is 6.04 Å². The molecule has 3 aromatic rings. The first-order valence-corrected chi connectivity index (χ1v) is 10.4. The van der Waals surface area contributed by atoms with Gasteiger partial charge in [0.25, 0.3) is 5.89 Å². The van der Waals surface area contributed by atoms with E-state index in [2.05, 4.69) is 15.1 Å². The molecule has 1 saturated heterocycles. The second-order valence-corrected chi connectivity index (χ2v) is 8.38. The minimum Gasteiger partial charge on any atom is -0.332 e. The molecule has 140 valence electrons. The summed E-state index contributed by atoms with van der Waals surface area (Å²) in [4.78, 5) is 8.91. The number of rotatable bonds is 6. The van der Waals surface area contributed by atoms with Gasteiger partial charge in [0.2, 0.25) is 10.0 Å². The van der Waals surface area contributed by atoms with Gasteiger partial charge in [-0.25, -0.2) is 8.42 Å². The lowest BCUT2D eigenvalue weighted by Crippen LogP contribution is -2.35. The highest BCUT2D eigenvalue weighted by atomic mass is 32.2. The lowest BCUT2D eigenvalue weighted by atomic mass is 10.1. The van der Waals surface area contributed by atoms with Gasteiger partial charge in [0.1, 0.15) is 5.69 Å². The molecule has 0 bridgehead atoms. The Hall–Kier alpha value is -2.58. The second-order valence-electron chi connectivity index (χ2n) is 6.49. The van der Waals surface area contributed by atoms with E-state index >= 15 is 0 Å². The fourth-order valence-electron chi connectivity index (χ4n) is 3.39. The number of pyridine rings is 1. The highest BCUT2D eigenvalue weighted by Crippen LogP contribution is 2.28. The molecule has 4 rings (SSSR count). The van der Waals surface area contributed by atoms with Gasteiger partial charge in [-0.3, -0.25) is 4.98 Å². The van der Waals surface area contributed by atoms with Crippen LogP contribution in [0.2, 0.25) is 0 Å². The van der Waals surface area contributed by atoms with E-state index in [1.165, 1.54) is 0 Å². The van der Waals surface area contributed by atoms with Gasteiger partial charge in [0.15, 0.2) is 5.82 Å². The van der Waals surface area contributed by atoms with Crippen molar-refractivity contribution in [3.8, 4) is 11.6 Å². The highest BCUT2D eigenvalue weighted by Gasteiger charge is 2.35. The molecule has 1 atom stereocenters. The maximum Gasteiger partial charge on any atom is 0.276 e. The molecule has 27 heavy (non-hydrogen) atoms. The van der Waals surface area contributed by atoms with Gasteiger partial charge in [-0.15, -0.1) is 0 Å². The zero-order valence-corrected chi connectivity index (χ0v) is 15.5. The smallest absolute Gasteiger partial charge is 0.276 e. The van der Waals surface area contributed by atoms with Crippen LogP contribution in [0.1, 0.15) is 25.1 Å². The molecule has 1 unspecified atom stereocenters. The van der Waals surface area contributed by atoms with Crippen molar-refractivity contribution in [2.75, 3.05) is 6.54 Å². The van der Waals surface area contributed by atoms with Crippen LogP contribution in [0.3, 0.4) is 0 Å². The van der Waals surface area contributed by atoms with Crippen molar-refractivity contribution >= 4 is 10.0 Å². The van der Waals surface area contributed by atoms with Crippen LogP contribution in [0.25, 0.3) is 11.6 Å². The quantitative estimate of drug-likeness (QED) is 0.649. The van der Waals surface area contributed by atoms with E-state index in [1.807, 2.05) is 24.3 Å². The molecule has 0 saturated carbocycles. The number of sulfonamides is 1. The molecule has 1 aliphatic rings. The number of benzene rings is 1. The van der Waals surface area contributed by atoms with Crippen LogP contribution >= 0.6 is 0 Å². The third kappa shape index (κ3) is 3.77.